The second-order valence-corrected chi connectivity index (χ2v) is 13.2. The van der Waals surface area contributed by atoms with E-state index in [2.05, 4.69) is 13.8 Å². The van der Waals surface area contributed by atoms with Gasteiger partial charge >= 0.3 is 41.5 Å². The van der Waals surface area contributed by atoms with Gasteiger partial charge in [0.25, 0.3) is 0 Å². The quantitative estimate of drug-likeness (QED) is 0.0313. The molecule has 0 saturated heterocycles. The van der Waals surface area contributed by atoms with Gasteiger partial charge in [-0.15, -0.1) is 0 Å². The van der Waals surface area contributed by atoms with E-state index in [9.17, 15) is 19.5 Å². The van der Waals surface area contributed by atoms with Crippen LogP contribution >= 0.6 is 0 Å². The molecule has 0 bridgehead atoms. The molecule has 0 rings (SSSR count). The van der Waals surface area contributed by atoms with Gasteiger partial charge in [-0.1, -0.05) is 200 Å². The zero-order valence-corrected chi connectivity index (χ0v) is 33.5. The minimum Gasteiger partial charge on any atom is -0.545 e. The van der Waals surface area contributed by atoms with Crippen LogP contribution in [0.5, 0.6) is 0 Å². The molecule has 0 fully saturated rings. The normalized spacial score (nSPS) is 10.8. The number of hydrogen-bond donors (Lipinski definition) is 1. The standard InChI is InChI=1S/C22H40O4.C18H36O2.Na/c1-2-3-4-5-6-7-8-9-10-11-12-13-14-15-16-17-20-26-22(25)19-18-21(23)24;1-2-3-4-5-6-7-8-9-10-11-12-13-14-15-16-17-18(19)20;/h18-19H,2-17,20H2,1H3,(H,23,24);2-17H2,1H3,(H,19,20);/q;;+1/p-1. The van der Waals surface area contributed by atoms with Gasteiger partial charge in [0.05, 0.1) is 12.6 Å². The Hall–Kier alpha value is -0.850. The zero-order chi connectivity index (χ0) is 34.2. The summed E-state index contributed by atoms with van der Waals surface area (Å²) < 4.78 is 4.89. The van der Waals surface area contributed by atoms with Gasteiger partial charge in [0.2, 0.25) is 0 Å². The summed E-state index contributed by atoms with van der Waals surface area (Å²) >= 11 is 0. The van der Waals surface area contributed by atoms with Gasteiger partial charge in [0.1, 0.15) is 0 Å². The molecule has 0 aromatic heterocycles. The number of aliphatic carboxylic acids is 2. The first-order valence-electron chi connectivity index (χ1n) is 19.7. The average Bonchev–Trinajstić information content (AvgIpc) is 3.03. The molecule has 0 heterocycles. The second-order valence-electron chi connectivity index (χ2n) is 13.2. The predicted octanol–water partition coefficient (Wildman–Crippen LogP) is 8.43. The molecule has 6 nitrogen and oxygen atoms in total. The Morgan fingerprint density at radius 2 is 0.745 bits per heavy atom. The van der Waals surface area contributed by atoms with Gasteiger partial charge in [0.15, 0.2) is 0 Å². The van der Waals surface area contributed by atoms with Crippen molar-refractivity contribution >= 4 is 17.9 Å². The summed E-state index contributed by atoms with van der Waals surface area (Å²) in [4.78, 5) is 31.6. The number of carbonyl (C=O) groups is 3. The number of carboxylic acid groups (broad SMARTS) is 2. The summed E-state index contributed by atoms with van der Waals surface area (Å²) in [5, 5.41) is 18.6. The van der Waals surface area contributed by atoms with Crippen LogP contribution in [0, 0.1) is 0 Å². The van der Waals surface area contributed by atoms with Crippen LogP contribution in [-0.4, -0.2) is 29.6 Å². The van der Waals surface area contributed by atoms with Gasteiger partial charge < -0.3 is 19.7 Å². The molecular formula is C40H75NaO6. The Labute approximate surface area is 313 Å². The molecular weight excluding hydrogens is 599 g/mol. The molecule has 0 amide bonds. The number of carbonyl (C=O) groups excluding carboxylic acids is 2. The molecule has 0 unspecified atom stereocenters. The SMILES string of the molecule is CCCCCCCCCCCCCCCCCC(=O)O.CCCCCCCCCCCCCCCCCCOC(=O)C=CC(=O)[O-].[Na+]. The fourth-order valence-corrected chi connectivity index (χ4v) is 5.65. The van der Waals surface area contributed by atoms with Gasteiger partial charge in [0, 0.05) is 12.5 Å². The largest absolute Gasteiger partial charge is 1.00 e. The monoisotopic (exact) mass is 675 g/mol. The van der Waals surface area contributed by atoms with Crippen LogP contribution in [0.25, 0.3) is 0 Å². The van der Waals surface area contributed by atoms with Crippen molar-refractivity contribution in [1.82, 2.24) is 0 Å². The summed E-state index contributed by atoms with van der Waals surface area (Å²) in [5.74, 6) is -2.65. The minimum absolute atomic E-state index is 0. The molecule has 0 aliphatic rings. The van der Waals surface area contributed by atoms with Gasteiger partial charge in [-0.25, -0.2) is 4.79 Å². The van der Waals surface area contributed by atoms with Crippen molar-refractivity contribution in [3.63, 3.8) is 0 Å². The third-order valence-electron chi connectivity index (χ3n) is 8.59. The van der Waals surface area contributed by atoms with E-state index in [4.69, 9.17) is 9.84 Å². The van der Waals surface area contributed by atoms with E-state index in [0.29, 0.717) is 19.1 Å². The molecule has 0 aliphatic carbocycles. The first-order chi connectivity index (χ1) is 22.4. The van der Waals surface area contributed by atoms with Crippen LogP contribution in [0.2, 0.25) is 0 Å². The van der Waals surface area contributed by atoms with Crippen molar-refractivity contribution in [3.8, 4) is 0 Å². The van der Waals surface area contributed by atoms with E-state index in [1.54, 1.807) is 0 Å². The topological polar surface area (TPSA) is 104 Å². The molecule has 1 N–H and O–H groups in total. The first-order valence-corrected chi connectivity index (χ1v) is 19.7. The van der Waals surface area contributed by atoms with Crippen molar-refractivity contribution in [2.75, 3.05) is 6.61 Å². The van der Waals surface area contributed by atoms with E-state index < -0.39 is 17.9 Å². The van der Waals surface area contributed by atoms with E-state index >= 15 is 0 Å². The smallest absolute Gasteiger partial charge is 0.545 e. The van der Waals surface area contributed by atoms with Crippen molar-refractivity contribution in [3.05, 3.63) is 12.2 Å². The fourth-order valence-electron chi connectivity index (χ4n) is 5.65. The third-order valence-corrected chi connectivity index (χ3v) is 8.59. The Kier molecular flexibility index (Phi) is 48.5. The minimum atomic E-state index is -1.38. The summed E-state index contributed by atoms with van der Waals surface area (Å²) in [6.45, 7) is 4.89. The molecule has 0 aromatic rings. The molecule has 0 atom stereocenters. The number of carboxylic acids is 2. The van der Waals surface area contributed by atoms with Crippen LogP contribution in [0.4, 0.5) is 0 Å². The molecule has 0 radical (unpaired) electrons. The van der Waals surface area contributed by atoms with Gasteiger partial charge in [-0.2, -0.15) is 0 Å². The molecule has 7 heteroatoms. The van der Waals surface area contributed by atoms with E-state index in [1.807, 2.05) is 0 Å². The number of ether oxygens (including phenoxy) is 1. The molecule has 272 valence electrons. The number of esters is 1. The number of unbranched alkanes of at least 4 members (excludes halogenated alkanes) is 29. The molecule has 0 aliphatic heterocycles. The van der Waals surface area contributed by atoms with Crippen LogP contribution in [0.1, 0.15) is 219 Å². The van der Waals surface area contributed by atoms with Crippen LogP contribution in [-0.2, 0) is 19.1 Å². The summed E-state index contributed by atoms with van der Waals surface area (Å²) in [6, 6.07) is 0. The Balaban J connectivity index is -0.000000833. The van der Waals surface area contributed by atoms with Crippen molar-refractivity contribution in [2.24, 2.45) is 0 Å². The summed E-state index contributed by atoms with van der Waals surface area (Å²) in [5.41, 5.74) is 0. The Morgan fingerprint density at radius 3 is 1.02 bits per heavy atom. The Morgan fingerprint density at radius 1 is 0.468 bits per heavy atom. The molecule has 0 saturated carbocycles. The van der Waals surface area contributed by atoms with Crippen molar-refractivity contribution in [1.29, 1.82) is 0 Å². The maximum atomic E-state index is 11.1. The first kappa shape index (κ1) is 50.5. The Bertz CT molecular complexity index is 682. The predicted molar refractivity (Wildman–Crippen MR) is 192 cm³/mol. The fraction of sp³-hybridized carbons (Fsp3) is 0.875. The summed E-state index contributed by atoms with van der Waals surface area (Å²) in [6.07, 6.45) is 42.6. The zero-order valence-electron chi connectivity index (χ0n) is 31.5. The van der Waals surface area contributed by atoms with Gasteiger partial charge in [-0.3, -0.25) is 4.79 Å². The maximum absolute atomic E-state index is 11.1. The van der Waals surface area contributed by atoms with E-state index in [-0.39, 0.29) is 29.6 Å². The molecule has 0 aromatic carbocycles. The molecule has 47 heavy (non-hydrogen) atoms. The van der Waals surface area contributed by atoms with Crippen LogP contribution in [0.15, 0.2) is 12.2 Å². The van der Waals surface area contributed by atoms with E-state index in [1.165, 1.54) is 173 Å². The third kappa shape index (κ3) is 52.1. The van der Waals surface area contributed by atoms with Crippen LogP contribution < -0.4 is 34.7 Å². The number of rotatable bonds is 35. The van der Waals surface area contributed by atoms with E-state index in [0.717, 1.165) is 31.8 Å². The van der Waals surface area contributed by atoms with Crippen LogP contribution in [0.3, 0.4) is 0 Å². The second kappa shape index (κ2) is 45.2. The average molecular weight is 675 g/mol. The van der Waals surface area contributed by atoms with Crippen molar-refractivity contribution in [2.45, 2.75) is 219 Å². The van der Waals surface area contributed by atoms with Gasteiger partial charge in [-0.05, 0) is 18.9 Å². The molecule has 0 spiro atoms. The maximum Gasteiger partial charge on any atom is 1.00 e. The summed E-state index contributed by atoms with van der Waals surface area (Å²) in [7, 11) is 0. The van der Waals surface area contributed by atoms with Crippen molar-refractivity contribution < 1.29 is 58.9 Å². The number of hydrogen-bond acceptors (Lipinski definition) is 5.